The fraction of sp³-hybridized carbons (Fsp3) is 0.533. The molecule has 0 bridgehead atoms. The molecule has 2 N–H and O–H groups in total. The molecule has 22 heavy (non-hydrogen) atoms. The van der Waals surface area contributed by atoms with Gasteiger partial charge in [0.1, 0.15) is 5.75 Å². The summed E-state index contributed by atoms with van der Waals surface area (Å²) in [5, 5.41) is 10.7. The maximum Gasteiger partial charge on any atom is 0.273 e. The molecule has 1 aromatic rings. The number of non-ortho nitro benzene ring substituents is 1. The van der Waals surface area contributed by atoms with Crippen molar-refractivity contribution in [1.82, 2.24) is 4.90 Å². The molecular formula is C15H21N3O4. The molecule has 1 unspecified atom stereocenters. The molecule has 1 amide bonds. The largest absolute Gasteiger partial charge is 0.484 e. The van der Waals surface area contributed by atoms with Crippen molar-refractivity contribution in [2.24, 2.45) is 11.1 Å². The van der Waals surface area contributed by atoms with E-state index in [1.165, 1.54) is 18.2 Å². The monoisotopic (exact) mass is 307 g/mol. The molecule has 1 fully saturated rings. The standard InChI is InChI=1S/C15H21N3O4/c1-15(2)10-17(7-6-13(15)16)14(19)9-22-12-5-3-4-11(8-12)18(20)21/h3-5,8,13H,6-7,9-10,16H2,1-2H3. The number of carbonyl (C=O) groups excluding carboxylic acids is 1. The van der Waals surface area contributed by atoms with E-state index < -0.39 is 4.92 Å². The van der Waals surface area contributed by atoms with Crippen LogP contribution in [0, 0.1) is 15.5 Å². The van der Waals surface area contributed by atoms with Crippen LogP contribution in [0.5, 0.6) is 5.75 Å². The van der Waals surface area contributed by atoms with Gasteiger partial charge < -0.3 is 15.4 Å². The van der Waals surface area contributed by atoms with Gasteiger partial charge >= 0.3 is 0 Å². The minimum atomic E-state index is -0.497. The van der Waals surface area contributed by atoms with Gasteiger partial charge in [0.15, 0.2) is 6.61 Å². The van der Waals surface area contributed by atoms with Gasteiger partial charge in [-0.15, -0.1) is 0 Å². The van der Waals surface area contributed by atoms with E-state index in [4.69, 9.17) is 10.5 Å². The number of hydrogen-bond acceptors (Lipinski definition) is 5. The van der Waals surface area contributed by atoms with Crippen LogP contribution in [0.3, 0.4) is 0 Å². The molecule has 1 heterocycles. The van der Waals surface area contributed by atoms with Gasteiger partial charge in [-0.05, 0) is 17.9 Å². The molecular weight excluding hydrogens is 286 g/mol. The fourth-order valence-corrected chi connectivity index (χ4v) is 2.51. The Morgan fingerprint density at radius 3 is 2.91 bits per heavy atom. The Hall–Kier alpha value is -2.15. The Morgan fingerprint density at radius 2 is 2.27 bits per heavy atom. The quantitative estimate of drug-likeness (QED) is 0.672. The van der Waals surface area contributed by atoms with Crippen molar-refractivity contribution in [3.05, 3.63) is 34.4 Å². The average Bonchev–Trinajstić information content (AvgIpc) is 2.47. The first-order valence-electron chi connectivity index (χ1n) is 7.20. The first-order chi connectivity index (χ1) is 10.3. The van der Waals surface area contributed by atoms with Crippen LogP contribution >= 0.6 is 0 Å². The minimum absolute atomic E-state index is 0.0602. The number of likely N-dealkylation sites (tertiary alicyclic amines) is 1. The lowest BCUT2D eigenvalue weighted by atomic mass is 9.80. The van der Waals surface area contributed by atoms with Crippen molar-refractivity contribution in [2.75, 3.05) is 19.7 Å². The van der Waals surface area contributed by atoms with Crippen LogP contribution in [0.1, 0.15) is 20.3 Å². The van der Waals surface area contributed by atoms with Gasteiger partial charge in [0.2, 0.25) is 0 Å². The number of amides is 1. The van der Waals surface area contributed by atoms with E-state index in [1.54, 1.807) is 11.0 Å². The number of nitro groups is 1. The number of nitrogens with two attached hydrogens (primary N) is 1. The van der Waals surface area contributed by atoms with Crippen molar-refractivity contribution >= 4 is 11.6 Å². The van der Waals surface area contributed by atoms with Crippen molar-refractivity contribution < 1.29 is 14.5 Å². The molecule has 7 nitrogen and oxygen atoms in total. The van der Waals surface area contributed by atoms with Gasteiger partial charge in [-0.2, -0.15) is 0 Å². The third-order valence-electron chi connectivity index (χ3n) is 4.06. The SMILES string of the molecule is CC1(C)CN(C(=O)COc2cccc([N+](=O)[O-])c2)CCC1N. The summed E-state index contributed by atoms with van der Waals surface area (Å²) < 4.78 is 5.38. The lowest BCUT2D eigenvalue weighted by molar-refractivity contribution is -0.384. The van der Waals surface area contributed by atoms with E-state index in [-0.39, 0.29) is 29.7 Å². The smallest absolute Gasteiger partial charge is 0.273 e. The molecule has 1 aliphatic rings. The second-order valence-electron chi connectivity index (χ2n) is 6.24. The molecule has 7 heteroatoms. The van der Waals surface area contributed by atoms with Crippen molar-refractivity contribution in [2.45, 2.75) is 26.3 Å². The van der Waals surface area contributed by atoms with Crippen molar-refractivity contribution in [3.63, 3.8) is 0 Å². The zero-order valence-corrected chi connectivity index (χ0v) is 12.8. The lowest BCUT2D eigenvalue weighted by Crippen LogP contribution is -2.54. The molecule has 0 aliphatic carbocycles. The van der Waals surface area contributed by atoms with Gasteiger partial charge in [0.25, 0.3) is 11.6 Å². The first kappa shape index (κ1) is 16.2. The first-order valence-corrected chi connectivity index (χ1v) is 7.20. The molecule has 1 saturated heterocycles. The van der Waals surface area contributed by atoms with Crippen LogP contribution in [-0.4, -0.2) is 41.5 Å². The van der Waals surface area contributed by atoms with Crippen molar-refractivity contribution in [3.8, 4) is 5.75 Å². The Morgan fingerprint density at radius 1 is 1.55 bits per heavy atom. The molecule has 1 aliphatic heterocycles. The van der Waals surface area contributed by atoms with Gasteiger partial charge in [-0.3, -0.25) is 14.9 Å². The lowest BCUT2D eigenvalue weighted by Gasteiger charge is -2.42. The predicted octanol–water partition coefficient (Wildman–Crippen LogP) is 1.56. The number of hydrogen-bond donors (Lipinski definition) is 1. The summed E-state index contributed by atoms with van der Waals surface area (Å²) >= 11 is 0. The Labute approximate surface area is 129 Å². The van der Waals surface area contributed by atoms with Crippen molar-refractivity contribution in [1.29, 1.82) is 0 Å². The zero-order chi connectivity index (χ0) is 16.3. The maximum absolute atomic E-state index is 12.2. The van der Waals surface area contributed by atoms with E-state index in [0.717, 1.165) is 6.42 Å². The molecule has 0 aromatic heterocycles. The fourth-order valence-electron chi connectivity index (χ4n) is 2.51. The van der Waals surface area contributed by atoms with Gasteiger partial charge in [0, 0.05) is 25.2 Å². The highest BCUT2D eigenvalue weighted by molar-refractivity contribution is 5.78. The third kappa shape index (κ3) is 3.73. The second kappa shape index (κ2) is 6.31. The second-order valence-corrected chi connectivity index (χ2v) is 6.24. The van der Waals surface area contributed by atoms with Gasteiger partial charge in [-0.25, -0.2) is 0 Å². The number of carbonyl (C=O) groups is 1. The van der Waals surface area contributed by atoms with Crippen LogP contribution in [0.15, 0.2) is 24.3 Å². The van der Waals surface area contributed by atoms with E-state index in [1.807, 2.05) is 13.8 Å². The number of ether oxygens (including phenoxy) is 1. The molecule has 1 atom stereocenters. The maximum atomic E-state index is 12.2. The number of benzene rings is 1. The van der Waals surface area contributed by atoms with Crippen LogP contribution in [0.2, 0.25) is 0 Å². The predicted molar refractivity (Wildman–Crippen MR) is 81.5 cm³/mol. The van der Waals surface area contributed by atoms with E-state index >= 15 is 0 Å². The van der Waals surface area contributed by atoms with Crippen LogP contribution < -0.4 is 10.5 Å². The summed E-state index contributed by atoms with van der Waals surface area (Å²) in [7, 11) is 0. The highest BCUT2D eigenvalue weighted by Gasteiger charge is 2.35. The van der Waals surface area contributed by atoms with Crippen LogP contribution in [-0.2, 0) is 4.79 Å². The highest BCUT2D eigenvalue weighted by Crippen LogP contribution is 2.27. The molecule has 0 spiro atoms. The Bertz CT molecular complexity index is 574. The van der Waals surface area contributed by atoms with Gasteiger partial charge in [-0.1, -0.05) is 19.9 Å². The Balaban J connectivity index is 1.93. The number of rotatable bonds is 4. The summed E-state index contributed by atoms with van der Waals surface area (Å²) in [6, 6.07) is 5.89. The summed E-state index contributed by atoms with van der Waals surface area (Å²) in [4.78, 5) is 24.2. The molecule has 120 valence electrons. The van der Waals surface area contributed by atoms with Gasteiger partial charge in [0.05, 0.1) is 11.0 Å². The normalized spacial score (nSPS) is 20.5. The number of piperidine rings is 1. The van der Waals surface area contributed by atoms with E-state index in [2.05, 4.69) is 0 Å². The topological polar surface area (TPSA) is 98.7 Å². The third-order valence-corrected chi connectivity index (χ3v) is 4.06. The zero-order valence-electron chi connectivity index (χ0n) is 12.8. The molecule has 1 aromatic carbocycles. The summed E-state index contributed by atoms with van der Waals surface area (Å²) in [6.07, 6.45) is 0.759. The summed E-state index contributed by atoms with van der Waals surface area (Å²) in [6.45, 7) is 5.15. The highest BCUT2D eigenvalue weighted by atomic mass is 16.6. The summed E-state index contributed by atoms with van der Waals surface area (Å²) in [5.41, 5.74) is 5.87. The van der Waals surface area contributed by atoms with E-state index in [9.17, 15) is 14.9 Å². The number of nitrogens with zero attached hydrogens (tertiary/aromatic N) is 2. The van der Waals surface area contributed by atoms with Crippen LogP contribution in [0.25, 0.3) is 0 Å². The number of nitro benzene ring substituents is 1. The van der Waals surface area contributed by atoms with Crippen LogP contribution in [0.4, 0.5) is 5.69 Å². The van der Waals surface area contributed by atoms with E-state index in [0.29, 0.717) is 18.8 Å². The Kier molecular flexibility index (Phi) is 4.65. The molecule has 0 saturated carbocycles. The molecule has 2 rings (SSSR count). The minimum Gasteiger partial charge on any atom is -0.484 e. The molecule has 0 radical (unpaired) electrons. The summed E-state index contributed by atoms with van der Waals surface area (Å²) in [5.74, 6) is 0.182. The average molecular weight is 307 g/mol.